The molecule has 0 aliphatic heterocycles. The van der Waals surface area contributed by atoms with Crippen LogP contribution in [0.1, 0.15) is 38.6 Å². The van der Waals surface area contributed by atoms with E-state index in [0.717, 1.165) is 12.5 Å². The van der Waals surface area contributed by atoms with E-state index >= 15 is 0 Å². The highest BCUT2D eigenvalue weighted by Gasteiger charge is 2.35. The molecule has 1 heterocycles. The summed E-state index contributed by atoms with van der Waals surface area (Å²) < 4.78 is 2.13. The fourth-order valence-electron chi connectivity index (χ4n) is 2.30. The maximum Gasteiger partial charge on any atom is 0.125 e. The summed E-state index contributed by atoms with van der Waals surface area (Å²) in [4.78, 5) is 4.47. The molecular weight excluding hydrogens is 186 g/mol. The fraction of sp³-hybridized carbons (Fsp3) is 0.750. The van der Waals surface area contributed by atoms with E-state index in [0.29, 0.717) is 12.0 Å². The third-order valence-corrected chi connectivity index (χ3v) is 3.45. The number of aromatic nitrogens is 2. The molecule has 0 saturated heterocycles. The van der Waals surface area contributed by atoms with Crippen molar-refractivity contribution in [2.75, 3.05) is 6.54 Å². The number of aryl methyl sites for hydroxylation is 1. The Morgan fingerprint density at radius 3 is 2.80 bits per heavy atom. The van der Waals surface area contributed by atoms with Crippen LogP contribution >= 0.6 is 0 Å². The number of hydrogen-bond donors (Lipinski definition) is 1. The molecule has 0 amide bonds. The largest absolute Gasteiger partial charge is 0.337 e. The molecule has 3 nitrogen and oxygen atoms in total. The van der Waals surface area contributed by atoms with E-state index in [9.17, 15) is 0 Å². The SMILES string of the molecule is CCNC(c1nccn1C)C(C)C1CC1. The molecule has 1 N–H and O–H groups in total. The molecule has 1 aromatic heterocycles. The van der Waals surface area contributed by atoms with Crippen molar-refractivity contribution < 1.29 is 0 Å². The smallest absolute Gasteiger partial charge is 0.125 e. The first kappa shape index (κ1) is 10.7. The molecular formula is C12H21N3. The summed E-state index contributed by atoms with van der Waals surface area (Å²) >= 11 is 0. The molecule has 0 radical (unpaired) electrons. The number of imidazole rings is 1. The Morgan fingerprint density at radius 2 is 2.33 bits per heavy atom. The van der Waals surface area contributed by atoms with Crippen molar-refractivity contribution in [3.05, 3.63) is 18.2 Å². The lowest BCUT2D eigenvalue weighted by Gasteiger charge is -2.24. The van der Waals surface area contributed by atoms with Crippen LogP contribution in [0.5, 0.6) is 0 Å². The van der Waals surface area contributed by atoms with Crippen molar-refractivity contribution in [1.82, 2.24) is 14.9 Å². The van der Waals surface area contributed by atoms with Gasteiger partial charge in [-0.15, -0.1) is 0 Å². The average molecular weight is 207 g/mol. The molecule has 1 aliphatic rings. The quantitative estimate of drug-likeness (QED) is 0.801. The highest BCUT2D eigenvalue weighted by Crippen LogP contribution is 2.42. The zero-order valence-corrected chi connectivity index (χ0v) is 9.90. The van der Waals surface area contributed by atoms with Gasteiger partial charge in [0.2, 0.25) is 0 Å². The van der Waals surface area contributed by atoms with Gasteiger partial charge in [0, 0.05) is 19.4 Å². The molecule has 15 heavy (non-hydrogen) atoms. The normalized spacial score (nSPS) is 20.2. The van der Waals surface area contributed by atoms with E-state index in [1.54, 1.807) is 0 Å². The van der Waals surface area contributed by atoms with E-state index in [1.807, 2.05) is 12.4 Å². The van der Waals surface area contributed by atoms with E-state index < -0.39 is 0 Å². The number of rotatable bonds is 5. The maximum atomic E-state index is 4.47. The second kappa shape index (κ2) is 4.35. The van der Waals surface area contributed by atoms with Gasteiger partial charge in [0.05, 0.1) is 6.04 Å². The van der Waals surface area contributed by atoms with Crippen LogP contribution in [0.4, 0.5) is 0 Å². The van der Waals surface area contributed by atoms with Gasteiger partial charge in [0.1, 0.15) is 5.82 Å². The summed E-state index contributed by atoms with van der Waals surface area (Å²) in [6.07, 6.45) is 6.71. The summed E-state index contributed by atoms with van der Waals surface area (Å²) in [5.41, 5.74) is 0. The third kappa shape index (κ3) is 2.23. The highest BCUT2D eigenvalue weighted by molar-refractivity contribution is 5.03. The Hall–Kier alpha value is -0.830. The predicted octanol–water partition coefficient (Wildman–Crippen LogP) is 2.12. The number of nitrogens with zero attached hydrogens (tertiary/aromatic N) is 2. The van der Waals surface area contributed by atoms with Crippen LogP contribution in [0.2, 0.25) is 0 Å². The molecule has 1 aromatic rings. The van der Waals surface area contributed by atoms with E-state index in [-0.39, 0.29) is 0 Å². The molecule has 2 unspecified atom stereocenters. The molecule has 0 aromatic carbocycles. The maximum absolute atomic E-state index is 4.47. The van der Waals surface area contributed by atoms with Crippen molar-refractivity contribution in [2.24, 2.45) is 18.9 Å². The van der Waals surface area contributed by atoms with Crippen LogP contribution in [0.25, 0.3) is 0 Å². The van der Waals surface area contributed by atoms with Gasteiger partial charge in [0.15, 0.2) is 0 Å². The van der Waals surface area contributed by atoms with Gasteiger partial charge in [-0.3, -0.25) is 0 Å². The topological polar surface area (TPSA) is 29.9 Å². The molecule has 0 spiro atoms. The van der Waals surface area contributed by atoms with Crippen molar-refractivity contribution in [1.29, 1.82) is 0 Å². The second-order valence-corrected chi connectivity index (χ2v) is 4.63. The summed E-state index contributed by atoms with van der Waals surface area (Å²) in [6, 6.07) is 0.419. The fourth-order valence-corrected chi connectivity index (χ4v) is 2.30. The molecule has 2 atom stereocenters. The second-order valence-electron chi connectivity index (χ2n) is 4.63. The van der Waals surface area contributed by atoms with Gasteiger partial charge in [0.25, 0.3) is 0 Å². The summed E-state index contributed by atoms with van der Waals surface area (Å²) in [5.74, 6) is 2.79. The first-order chi connectivity index (χ1) is 7.24. The predicted molar refractivity (Wildman–Crippen MR) is 61.5 cm³/mol. The molecule has 1 fully saturated rings. The Kier molecular flexibility index (Phi) is 3.10. The van der Waals surface area contributed by atoms with Gasteiger partial charge in [-0.25, -0.2) is 4.98 Å². The lowest BCUT2D eigenvalue weighted by Crippen LogP contribution is -2.30. The Balaban J connectivity index is 2.14. The van der Waals surface area contributed by atoms with Crippen LogP contribution < -0.4 is 5.32 Å². The molecule has 1 aliphatic carbocycles. The van der Waals surface area contributed by atoms with Crippen LogP contribution in [0.3, 0.4) is 0 Å². The summed E-state index contributed by atoms with van der Waals surface area (Å²) in [7, 11) is 2.08. The van der Waals surface area contributed by atoms with Crippen LogP contribution in [0, 0.1) is 11.8 Å². The minimum Gasteiger partial charge on any atom is -0.337 e. The Labute approximate surface area is 91.9 Å². The lowest BCUT2D eigenvalue weighted by molar-refractivity contribution is 0.336. The third-order valence-electron chi connectivity index (χ3n) is 3.45. The number of nitrogens with one attached hydrogen (secondary N) is 1. The minimum absolute atomic E-state index is 0.419. The van der Waals surface area contributed by atoms with Crippen molar-refractivity contribution in [3.8, 4) is 0 Å². The monoisotopic (exact) mass is 207 g/mol. The lowest BCUT2D eigenvalue weighted by atomic mass is 9.96. The Morgan fingerprint density at radius 1 is 1.60 bits per heavy atom. The molecule has 2 rings (SSSR count). The van der Waals surface area contributed by atoms with Gasteiger partial charge in [-0.05, 0) is 31.2 Å². The molecule has 1 saturated carbocycles. The van der Waals surface area contributed by atoms with Gasteiger partial charge in [-0.2, -0.15) is 0 Å². The van der Waals surface area contributed by atoms with Crippen LogP contribution in [0.15, 0.2) is 12.4 Å². The number of hydrogen-bond acceptors (Lipinski definition) is 2. The van der Waals surface area contributed by atoms with E-state index in [2.05, 4.69) is 35.8 Å². The van der Waals surface area contributed by atoms with Gasteiger partial charge in [-0.1, -0.05) is 13.8 Å². The van der Waals surface area contributed by atoms with E-state index in [4.69, 9.17) is 0 Å². The van der Waals surface area contributed by atoms with E-state index in [1.165, 1.54) is 18.7 Å². The summed E-state index contributed by atoms with van der Waals surface area (Å²) in [5, 5.41) is 3.56. The summed E-state index contributed by atoms with van der Waals surface area (Å²) in [6.45, 7) is 5.52. The Bertz CT molecular complexity index is 314. The standard InChI is InChI=1S/C12H21N3/c1-4-13-11(9(2)10-5-6-10)12-14-7-8-15(12)3/h7-11,13H,4-6H2,1-3H3. The highest BCUT2D eigenvalue weighted by atomic mass is 15.1. The van der Waals surface area contributed by atoms with Crippen molar-refractivity contribution >= 4 is 0 Å². The van der Waals surface area contributed by atoms with Crippen molar-refractivity contribution in [2.45, 2.75) is 32.7 Å². The van der Waals surface area contributed by atoms with Gasteiger partial charge >= 0.3 is 0 Å². The molecule has 84 valence electrons. The van der Waals surface area contributed by atoms with Gasteiger partial charge < -0.3 is 9.88 Å². The minimum atomic E-state index is 0.419. The van der Waals surface area contributed by atoms with Crippen LogP contribution in [-0.4, -0.2) is 16.1 Å². The first-order valence-corrected chi connectivity index (χ1v) is 5.94. The average Bonchev–Trinajstić information content (AvgIpc) is 2.98. The molecule has 0 bridgehead atoms. The molecule has 3 heteroatoms. The zero-order chi connectivity index (χ0) is 10.8. The van der Waals surface area contributed by atoms with Crippen molar-refractivity contribution in [3.63, 3.8) is 0 Å². The zero-order valence-electron chi connectivity index (χ0n) is 9.90. The van der Waals surface area contributed by atoms with Crippen LogP contribution in [-0.2, 0) is 7.05 Å². The first-order valence-electron chi connectivity index (χ1n) is 5.94.